The monoisotopic (exact) mass is 444 g/mol. The van der Waals surface area contributed by atoms with Gasteiger partial charge in [0.15, 0.2) is 5.58 Å². The Labute approximate surface area is 190 Å². The van der Waals surface area contributed by atoms with Crippen LogP contribution >= 0.6 is 0 Å². The van der Waals surface area contributed by atoms with Crippen molar-refractivity contribution >= 4 is 28.6 Å². The molecular weight excluding hydrogens is 420 g/mol. The zero-order valence-corrected chi connectivity index (χ0v) is 18.1. The van der Waals surface area contributed by atoms with E-state index in [4.69, 9.17) is 9.40 Å². The lowest BCUT2D eigenvalue weighted by Crippen LogP contribution is -2.39. The van der Waals surface area contributed by atoms with Crippen LogP contribution in [-0.2, 0) is 11.3 Å². The van der Waals surface area contributed by atoms with Gasteiger partial charge in [0.2, 0.25) is 5.91 Å². The van der Waals surface area contributed by atoms with Crippen LogP contribution in [0.5, 0.6) is 0 Å². The van der Waals surface area contributed by atoms with Gasteiger partial charge in [-0.25, -0.2) is 14.8 Å². The summed E-state index contributed by atoms with van der Waals surface area (Å²) in [4.78, 5) is 40.0. The largest absolute Gasteiger partial charge is 0.419 e. The molecule has 0 radical (unpaired) electrons. The second kappa shape index (κ2) is 9.23. The minimum atomic E-state index is -0.433. The molecule has 0 spiro atoms. The van der Waals surface area contributed by atoms with Crippen molar-refractivity contribution in [2.24, 2.45) is 0 Å². The lowest BCUT2D eigenvalue weighted by molar-refractivity contribution is -0.132. The van der Waals surface area contributed by atoms with Crippen LogP contribution in [0.2, 0.25) is 0 Å². The second-order valence-corrected chi connectivity index (χ2v) is 8.08. The lowest BCUT2D eigenvalue weighted by atomic mass is 9.94. The van der Waals surface area contributed by atoms with Crippen LogP contribution in [0.15, 0.2) is 70.3 Å². The van der Waals surface area contributed by atoms with Crippen molar-refractivity contribution in [1.82, 2.24) is 24.4 Å². The number of carbonyl (C=O) groups excluding carboxylic acids is 1. The quantitative estimate of drug-likeness (QED) is 0.486. The first-order valence-corrected chi connectivity index (χ1v) is 11.0. The van der Waals surface area contributed by atoms with Crippen molar-refractivity contribution in [3.05, 3.63) is 77.3 Å². The highest BCUT2D eigenvalue weighted by Gasteiger charge is 2.26. The highest BCUT2D eigenvalue weighted by molar-refractivity contribution is 5.77. The van der Waals surface area contributed by atoms with Gasteiger partial charge in [-0.1, -0.05) is 18.2 Å². The van der Waals surface area contributed by atoms with Crippen molar-refractivity contribution in [1.29, 1.82) is 0 Å². The molecule has 1 N–H and O–H groups in total. The number of hydrogen-bond acceptors (Lipinski definition) is 7. The van der Waals surface area contributed by atoms with E-state index >= 15 is 0 Å². The molecule has 3 aromatic heterocycles. The smallest absolute Gasteiger partial charge is 0.408 e. The number of oxazole rings is 1. The number of para-hydroxylation sites is 2. The molecule has 1 fully saturated rings. The average Bonchev–Trinajstić information content (AvgIpc) is 3.18. The van der Waals surface area contributed by atoms with Crippen LogP contribution in [0.25, 0.3) is 11.1 Å². The fraction of sp³-hybridized carbons (Fsp3) is 0.292. The average molecular weight is 444 g/mol. The van der Waals surface area contributed by atoms with Gasteiger partial charge in [-0.15, -0.1) is 0 Å². The van der Waals surface area contributed by atoms with Gasteiger partial charge in [-0.2, -0.15) is 0 Å². The summed E-state index contributed by atoms with van der Waals surface area (Å²) in [5, 5.41) is 3.17. The molecular formula is C24H24N6O3. The molecule has 1 aromatic carbocycles. The van der Waals surface area contributed by atoms with Gasteiger partial charge in [-0.3, -0.25) is 14.3 Å². The fourth-order valence-electron chi connectivity index (χ4n) is 4.28. The van der Waals surface area contributed by atoms with E-state index in [-0.39, 0.29) is 18.2 Å². The Morgan fingerprint density at radius 3 is 2.91 bits per heavy atom. The Kier molecular flexibility index (Phi) is 5.84. The van der Waals surface area contributed by atoms with E-state index in [1.807, 2.05) is 41.3 Å². The molecule has 9 nitrogen and oxygen atoms in total. The van der Waals surface area contributed by atoms with Gasteiger partial charge in [0.1, 0.15) is 11.6 Å². The fourth-order valence-corrected chi connectivity index (χ4v) is 4.28. The number of benzene rings is 1. The lowest BCUT2D eigenvalue weighted by Gasteiger charge is -2.32. The Hall–Kier alpha value is -4.01. The molecule has 1 aliphatic heterocycles. The van der Waals surface area contributed by atoms with Gasteiger partial charge < -0.3 is 14.6 Å². The Bertz CT molecular complexity index is 1320. The molecule has 4 heterocycles. The topological polar surface area (TPSA) is 106 Å². The maximum absolute atomic E-state index is 13.0. The molecule has 0 unspecified atom stereocenters. The zero-order chi connectivity index (χ0) is 22.6. The summed E-state index contributed by atoms with van der Waals surface area (Å²) >= 11 is 0. The number of amides is 1. The number of nitrogens with zero attached hydrogens (tertiary/aromatic N) is 5. The van der Waals surface area contributed by atoms with E-state index in [1.165, 1.54) is 4.57 Å². The number of piperidine rings is 1. The minimum absolute atomic E-state index is 0.0331. The summed E-state index contributed by atoms with van der Waals surface area (Å²) in [6.07, 6.45) is 7.01. The number of anilines is 2. The number of aryl methyl sites for hydroxylation is 1. The predicted octanol–water partition coefficient (Wildman–Crippen LogP) is 3.32. The van der Waals surface area contributed by atoms with Crippen LogP contribution in [0, 0.1) is 0 Å². The molecule has 168 valence electrons. The molecule has 1 aliphatic rings. The number of likely N-dealkylation sites (tertiary alicyclic amines) is 1. The van der Waals surface area contributed by atoms with E-state index in [2.05, 4.69) is 15.3 Å². The molecule has 9 heteroatoms. The van der Waals surface area contributed by atoms with E-state index < -0.39 is 5.76 Å². The maximum atomic E-state index is 13.0. The predicted molar refractivity (Wildman–Crippen MR) is 123 cm³/mol. The normalized spacial score (nSPS) is 16.1. The first-order valence-electron chi connectivity index (χ1n) is 11.0. The summed E-state index contributed by atoms with van der Waals surface area (Å²) in [5.74, 6) is 1.08. The summed E-state index contributed by atoms with van der Waals surface area (Å²) in [6, 6.07) is 13.1. The van der Waals surface area contributed by atoms with Crippen molar-refractivity contribution in [3.8, 4) is 0 Å². The Morgan fingerprint density at radius 1 is 1.12 bits per heavy atom. The summed E-state index contributed by atoms with van der Waals surface area (Å²) < 4.78 is 6.79. The number of pyridine rings is 1. The van der Waals surface area contributed by atoms with Crippen LogP contribution in [-0.4, -0.2) is 43.4 Å². The first-order chi connectivity index (χ1) is 16.2. The number of fused-ring (bicyclic) bond motifs is 1. The van der Waals surface area contributed by atoms with E-state index in [9.17, 15) is 9.59 Å². The highest BCUT2D eigenvalue weighted by Crippen LogP contribution is 2.27. The van der Waals surface area contributed by atoms with E-state index in [1.54, 1.807) is 24.7 Å². The molecule has 4 aromatic rings. The molecule has 1 atom stereocenters. The summed E-state index contributed by atoms with van der Waals surface area (Å²) in [5.41, 5.74) is 2.19. The molecule has 0 saturated carbocycles. The number of nitrogens with one attached hydrogen (secondary N) is 1. The second-order valence-electron chi connectivity index (χ2n) is 8.08. The van der Waals surface area contributed by atoms with E-state index in [0.29, 0.717) is 42.4 Å². The number of aromatic nitrogens is 4. The molecule has 0 aliphatic carbocycles. The third kappa shape index (κ3) is 4.62. The van der Waals surface area contributed by atoms with Gasteiger partial charge in [0.05, 0.1) is 11.7 Å². The standard InChI is InChI=1S/C24H24N6O3/c31-23(10-14-30-19-7-1-2-8-20(19)33-24(30)32)29-13-4-5-17(16-29)18-6-3-9-21(27-18)28-22-15-25-11-12-26-22/h1-3,6-9,11-12,15,17H,4-5,10,13-14,16H2,(H,26,27,28)/t17-/m0/s1. The van der Waals surface area contributed by atoms with Crippen LogP contribution < -0.4 is 11.1 Å². The van der Waals surface area contributed by atoms with Crippen molar-refractivity contribution in [3.63, 3.8) is 0 Å². The van der Waals surface area contributed by atoms with Crippen LogP contribution in [0.4, 0.5) is 11.6 Å². The first kappa shape index (κ1) is 20.9. The Morgan fingerprint density at radius 2 is 2.03 bits per heavy atom. The molecule has 33 heavy (non-hydrogen) atoms. The van der Waals surface area contributed by atoms with Crippen LogP contribution in [0.1, 0.15) is 30.9 Å². The summed E-state index contributed by atoms with van der Waals surface area (Å²) in [7, 11) is 0. The third-order valence-corrected chi connectivity index (χ3v) is 5.91. The number of hydrogen-bond donors (Lipinski definition) is 1. The van der Waals surface area contributed by atoms with Gasteiger partial charge in [-0.05, 0) is 37.1 Å². The zero-order valence-electron chi connectivity index (χ0n) is 18.1. The SMILES string of the molecule is O=C(CCn1c(=O)oc2ccccc21)N1CCC[C@H](c2cccc(Nc3cnccn3)n2)C1. The Balaban J connectivity index is 1.24. The van der Waals surface area contributed by atoms with Crippen molar-refractivity contribution in [2.45, 2.75) is 31.7 Å². The van der Waals surface area contributed by atoms with Gasteiger partial charge in [0.25, 0.3) is 0 Å². The van der Waals surface area contributed by atoms with Gasteiger partial charge >= 0.3 is 5.76 Å². The van der Waals surface area contributed by atoms with Crippen molar-refractivity contribution < 1.29 is 9.21 Å². The molecule has 1 saturated heterocycles. The third-order valence-electron chi connectivity index (χ3n) is 5.91. The molecule has 5 rings (SSSR count). The number of rotatable bonds is 6. The molecule has 1 amide bonds. The van der Waals surface area contributed by atoms with Crippen molar-refractivity contribution in [2.75, 3.05) is 18.4 Å². The highest BCUT2D eigenvalue weighted by atomic mass is 16.4. The summed E-state index contributed by atoms with van der Waals surface area (Å²) in [6.45, 7) is 1.63. The number of carbonyl (C=O) groups is 1. The van der Waals surface area contributed by atoms with Gasteiger partial charge in [0, 0.05) is 50.1 Å². The van der Waals surface area contributed by atoms with E-state index in [0.717, 1.165) is 18.5 Å². The minimum Gasteiger partial charge on any atom is -0.408 e. The van der Waals surface area contributed by atoms with Crippen LogP contribution in [0.3, 0.4) is 0 Å². The molecule has 0 bridgehead atoms. The maximum Gasteiger partial charge on any atom is 0.419 e.